The van der Waals surface area contributed by atoms with Crippen LogP contribution >= 0.6 is 0 Å². The quantitative estimate of drug-likeness (QED) is 0.0211. The molecule has 0 aliphatic rings. The average Bonchev–Trinajstić information content (AvgIpc) is 3.29. The monoisotopic (exact) mass is 941 g/mol. The number of ether oxygens (including phenoxy) is 4. The van der Waals surface area contributed by atoms with Crippen LogP contribution in [0, 0.1) is 0 Å². The van der Waals surface area contributed by atoms with Gasteiger partial charge in [0.15, 0.2) is 6.10 Å². The maximum Gasteiger partial charge on any atom is 0.361 e. The third-order valence-electron chi connectivity index (χ3n) is 11.4. The van der Waals surface area contributed by atoms with Crippen LogP contribution in [0.1, 0.15) is 219 Å². The lowest BCUT2D eigenvalue weighted by atomic mass is 10.0. The highest BCUT2D eigenvalue weighted by atomic mass is 16.7. The van der Waals surface area contributed by atoms with Gasteiger partial charge in [-0.15, -0.1) is 0 Å². The van der Waals surface area contributed by atoms with Crippen molar-refractivity contribution in [1.82, 2.24) is 0 Å². The summed E-state index contributed by atoms with van der Waals surface area (Å²) >= 11 is 0. The minimum Gasteiger partial charge on any atom is -0.477 e. The maximum absolute atomic E-state index is 12.8. The highest BCUT2D eigenvalue weighted by Crippen LogP contribution is 2.15. The van der Waals surface area contributed by atoms with Crippen LogP contribution < -0.4 is 0 Å². The second-order valence-corrected chi connectivity index (χ2v) is 19.2. The molecule has 0 fully saturated rings. The molecule has 0 saturated heterocycles. The van der Waals surface area contributed by atoms with Gasteiger partial charge in [0, 0.05) is 12.8 Å². The number of carboxylic acid groups (broad SMARTS) is 1. The average molecular weight is 941 g/mol. The molecule has 0 spiro atoms. The molecule has 0 aromatic carbocycles. The Labute approximate surface area is 411 Å². The van der Waals surface area contributed by atoms with Gasteiger partial charge < -0.3 is 28.5 Å². The molecule has 0 rings (SSSR count). The second kappa shape index (κ2) is 49.2. The van der Waals surface area contributed by atoms with E-state index in [1.165, 1.54) is 116 Å². The van der Waals surface area contributed by atoms with Gasteiger partial charge in [0.25, 0.3) is 6.29 Å². The number of carbonyl (C=O) groups excluding carboxylic acids is 2. The fourth-order valence-electron chi connectivity index (χ4n) is 7.27. The Bertz CT molecular complexity index is 1330. The summed E-state index contributed by atoms with van der Waals surface area (Å²) in [7, 11) is 5.95. The number of esters is 2. The Kier molecular flexibility index (Phi) is 46.8. The molecule has 0 heterocycles. The van der Waals surface area contributed by atoms with E-state index in [4.69, 9.17) is 18.9 Å². The Morgan fingerprint density at radius 3 is 1.28 bits per heavy atom. The fourth-order valence-corrected chi connectivity index (χ4v) is 7.27. The van der Waals surface area contributed by atoms with Crippen LogP contribution in [0.2, 0.25) is 0 Å². The van der Waals surface area contributed by atoms with Gasteiger partial charge >= 0.3 is 17.9 Å². The Balaban J connectivity index is 4.21. The van der Waals surface area contributed by atoms with E-state index in [1.54, 1.807) is 0 Å². The lowest BCUT2D eigenvalue weighted by Crippen LogP contribution is -2.40. The van der Waals surface area contributed by atoms with E-state index in [0.717, 1.165) is 64.2 Å². The van der Waals surface area contributed by atoms with Crippen molar-refractivity contribution in [2.45, 2.75) is 232 Å². The predicted octanol–water partition coefficient (Wildman–Crippen LogP) is 15.5. The van der Waals surface area contributed by atoms with E-state index in [-0.39, 0.29) is 38.6 Å². The molecule has 386 valence electrons. The van der Waals surface area contributed by atoms with Gasteiger partial charge in [-0.1, -0.05) is 196 Å². The van der Waals surface area contributed by atoms with Crippen molar-refractivity contribution in [2.24, 2.45) is 0 Å². The molecule has 0 amide bonds. The minimum absolute atomic E-state index is 0.180. The van der Waals surface area contributed by atoms with Gasteiger partial charge in [-0.05, 0) is 83.5 Å². The van der Waals surface area contributed by atoms with Crippen molar-refractivity contribution in [3.8, 4) is 0 Å². The standard InChI is InChI=1S/C58H101NO8/c1-6-8-10-12-14-16-18-20-21-22-23-24-25-26-27-28-29-30-31-32-33-34-35-37-39-41-43-45-47-49-56(61)67-54(53-66-58(57(62)63)64-51-50-59(3,4)5)52-65-55(60)48-46-44-42-40-38-36-19-17-15-13-11-9-7-2/h9,11,15,17-18,20,22-23,25-26,36,38,54,58H,6-8,10,12-14,16,19,21,24,27-35,37,39-53H2,1-5H3/p+1/b11-9-,17-15-,20-18-,23-22-,26-25-,38-36-. The summed E-state index contributed by atoms with van der Waals surface area (Å²) in [4.78, 5) is 37.3. The number of carbonyl (C=O) groups is 3. The molecule has 9 nitrogen and oxygen atoms in total. The van der Waals surface area contributed by atoms with Crippen LogP contribution in [0.15, 0.2) is 72.9 Å². The topological polar surface area (TPSA) is 108 Å². The number of likely N-dealkylation sites (N-methyl/N-ethyl adjacent to an activating group) is 1. The van der Waals surface area contributed by atoms with Gasteiger partial charge in [0.1, 0.15) is 13.2 Å². The number of aliphatic carboxylic acids is 1. The first-order chi connectivity index (χ1) is 32.6. The van der Waals surface area contributed by atoms with E-state index in [0.29, 0.717) is 23.9 Å². The Morgan fingerprint density at radius 2 is 0.851 bits per heavy atom. The van der Waals surface area contributed by atoms with Crippen molar-refractivity contribution in [2.75, 3.05) is 47.5 Å². The minimum atomic E-state index is -1.52. The van der Waals surface area contributed by atoms with E-state index in [9.17, 15) is 19.5 Å². The molecule has 67 heavy (non-hydrogen) atoms. The predicted molar refractivity (Wildman–Crippen MR) is 281 cm³/mol. The molecule has 0 aromatic heterocycles. The van der Waals surface area contributed by atoms with Crippen LogP contribution in [0.25, 0.3) is 0 Å². The zero-order valence-electron chi connectivity index (χ0n) is 43.8. The van der Waals surface area contributed by atoms with Crippen LogP contribution in [0.4, 0.5) is 0 Å². The number of carboxylic acids is 1. The number of nitrogens with zero attached hydrogens (tertiary/aromatic N) is 1. The summed E-state index contributed by atoms with van der Waals surface area (Å²) in [6, 6.07) is 0. The molecular formula is C58H102NO8+. The summed E-state index contributed by atoms with van der Waals surface area (Å²) in [6.07, 6.45) is 59.9. The number of unbranched alkanes of at least 4 members (excludes halogenated alkanes) is 22. The summed E-state index contributed by atoms with van der Waals surface area (Å²) in [6.45, 7) is 4.71. The van der Waals surface area contributed by atoms with E-state index >= 15 is 0 Å². The third kappa shape index (κ3) is 50.4. The maximum atomic E-state index is 12.8. The molecule has 0 radical (unpaired) electrons. The number of hydrogen-bond donors (Lipinski definition) is 1. The molecule has 0 aliphatic carbocycles. The van der Waals surface area contributed by atoms with Crippen LogP contribution in [-0.4, -0.2) is 87.4 Å². The summed E-state index contributed by atoms with van der Waals surface area (Å²) in [5.41, 5.74) is 0. The Hall–Kier alpha value is -3.27. The molecule has 1 N–H and O–H groups in total. The van der Waals surface area contributed by atoms with Gasteiger partial charge in [0.2, 0.25) is 0 Å². The van der Waals surface area contributed by atoms with Gasteiger partial charge in [-0.2, -0.15) is 0 Å². The first-order valence-electron chi connectivity index (χ1n) is 27.1. The summed E-state index contributed by atoms with van der Waals surface area (Å²) in [5.74, 6) is -2.05. The zero-order valence-corrected chi connectivity index (χ0v) is 43.8. The number of rotatable bonds is 49. The highest BCUT2D eigenvalue weighted by Gasteiger charge is 2.25. The zero-order chi connectivity index (χ0) is 49.2. The lowest BCUT2D eigenvalue weighted by molar-refractivity contribution is -0.870. The van der Waals surface area contributed by atoms with Gasteiger partial charge in [0.05, 0.1) is 34.4 Å². The molecule has 0 saturated carbocycles. The molecule has 0 aliphatic heterocycles. The summed E-state index contributed by atoms with van der Waals surface area (Å²) in [5, 5.41) is 9.67. The van der Waals surface area contributed by atoms with Crippen molar-refractivity contribution < 1.29 is 42.9 Å². The van der Waals surface area contributed by atoms with Gasteiger partial charge in [-0.25, -0.2) is 4.79 Å². The first-order valence-corrected chi connectivity index (χ1v) is 27.1. The van der Waals surface area contributed by atoms with Crippen molar-refractivity contribution in [3.63, 3.8) is 0 Å². The SMILES string of the molecule is CC/C=C\C/C=C\C/C=C\CCCCCC(=O)OCC(COC(OCC[N+](C)(C)C)C(=O)O)OC(=O)CCCCCCCCCCCCCCCC/C=C\C/C=C\C/C=C\CCCCCCC. The van der Waals surface area contributed by atoms with Crippen LogP contribution in [-0.2, 0) is 33.3 Å². The molecule has 2 atom stereocenters. The Morgan fingerprint density at radius 1 is 0.463 bits per heavy atom. The van der Waals surface area contributed by atoms with Crippen molar-refractivity contribution >= 4 is 17.9 Å². The molecule has 2 unspecified atom stereocenters. The number of allylic oxidation sites excluding steroid dienone is 12. The number of quaternary nitrogens is 1. The second-order valence-electron chi connectivity index (χ2n) is 19.2. The third-order valence-corrected chi connectivity index (χ3v) is 11.4. The van der Waals surface area contributed by atoms with Crippen molar-refractivity contribution in [3.05, 3.63) is 72.9 Å². The summed E-state index contributed by atoms with van der Waals surface area (Å²) < 4.78 is 22.8. The number of hydrogen-bond acceptors (Lipinski definition) is 7. The molecule has 0 bridgehead atoms. The van der Waals surface area contributed by atoms with Crippen molar-refractivity contribution in [1.29, 1.82) is 0 Å². The first kappa shape index (κ1) is 63.7. The molecule has 9 heteroatoms. The van der Waals surface area contributed by atoms with Crippen LogP contribution in [0.5, 0.6) is 0 Å². The van der Waals surface area contributed by atoms with Gasteiger partial charge in [-0.3, -0.25) is 9.59 Å². The highest BCUT2D eigenvalue weighted by molar-refractivity contribution is 5.71. The van der Waals surface area contributed by atoms with E-state index < -0.39 is 24.3 Å². The van der Waals surface area contributed by atoms with E-state index in [2.05, 4.69) is 86.8 Å². The lowest BCUT2D eigenvalue weighted by Gasteiger charge is -2.25. The molecule has 0 aromatic rings. The normalized spacial score (nSPS) is 13.4. The molecular weight excluding hydrogens is 839 g/mol. The smallest absolute Gasteiger partial charge is 0.361 e. The van der Waals surface area contributed by atoms with E-state index in [1.807, 2.05) is 21.1 Å². The fraction of sp³-hybridized carbons (Fsp3) is 0.741. The van der Waals surface area contributed by atoms with Crippen LogP contribution in [0.3, 0.4) is 0 Å². The largest absolute Gasteiger partial charge is 0.477 e.